The van der Waals surface area contributed by atoms with Gasteiger partial charge in [0.15, 0.2) is 12.6 Å². The predicted molar refractivity (Wildman–Crippen MR) is 62.6 cm³/mol. The number of ether oxygens (including phenoxy) is 3. The average molecular weight is 312 g/mol. The molecule has 124 valence electrons. The summed E-state index contributed by atoms with van der Waals surface area (Å²) in [7, 11) is 0. The summed E-state index contributed by atoms with van der Waals surface area (Å²) >= 11 is 0. The van der Waals surface area contributed by atoms with Crippen molar-refractivity contribution in [2.75, 3.05) is 13.2 Å². The molecule has 9 atom stereocenters. The first-order valence-electron chi connectivity index (χ1n) is 6.48. The van der Waals surface area contributed by atoms with Gasteiger partial charge in [0.25, 0.3) is 0 Å². The van der Waals surface area contributed by atoms with Crippen LogP contribution in [0, 0.1) is 0 Å². The maximum absolute atomic E-state index is 9.78. The summed E-state index contributed by atoms with van der Waals surface area (Å²) in [4.78, 5) is 0. The van der Waals surface area contributed by atoms with E-state index in [9.17, 15) is 30.6 Å². The third-order valence-electron chi connectivity index (χ3n) is 3.59. The van der Waals surface area contributed by atoms with Gasteiger partial charge in [-0.05, 0) is 0 Å². The lowest BCUT2D eigenvalue weighted by Crippen LogP contribution is -2.62. The summed E-state index contributed by atoms with van der Waals surface area (Å²) in [5.74, 6) is 0. The fourth-order valence-electron chi connectivity index (χ4n) is 2.26. The van der Waals surface area contributed by atoms with Crippen LogP contribution in [0.3, 0.4) is 0 Å². The summed E-state index contributed by atoms with van der Waals surface area (Å²) in [5.41, 5.74) is 0. The molecule has 0 aromatic heterocycles. The van der Waals surface area contributed by atoms with Crippen LogP contribution in [0.2, 0.25) is 0 Å². The second kappa shape index (κ2) is 6.79. The normalized spacial score (nSPS) is 51.9. The first-order chi connectivity index (χ1) is 9.86. The largest absolute Gasteiger partial charge is 0.394 e. The van der Waals surface area contributed by atoms with Crippen molar-refractivity contribution in [1.29, 1.82) is 0 Å². The molecule has 2 heterocycles. The Labute approximate surface area is 119 Å². The minimum Gasteiger partial charge on any atom is -0.394 e. The molecule has 1 unspecified atom stereocenters. The SMILES string of the molecule is OC[C@H]1O[C@H](O[C@H]2C(O)OC[C@@H](O)[C@@H]2O)[C@H](O)[C@@H](O)[C@@H]1O. The Balaban J connectivity index is 2.06. The summed E-state index contributed by atoms with van der Waals surface area (Å²) in [6.07, 6.45) is -13.4. The zero-order valence-electron chi connectivity index (χ0n) is 11.0. The highest BCUT2D eigenvalue weighted by Crippen LogP contribution is 2.26. The first kappa shape index (κ1) is 17.0. The molecule has 0 aromatic rings. The molecule has 0 bridgehead atoms. The van der Waals surface area contributed by atoms with Gasteiger partial charge in [0.1, 0.15) is 42.7 Å². The van der Waals surface area contributed by atoms with Crippen molar-refractivity contribution in [2.45, 2.75) is 55.3 Å². The van der Waals surface area contributed by atoms with Crippen LogP contribution >= 0.6 is 0 Å². The fourth-order valence-corrected chi connectivity index (χ4v) is 2.26. The summed E-state index contributed by atoms with van der Waals surface area (Å²) < 4.78 is 15.0. The van der Waals surface area contributed by atoms with Crippen LogP contribution < -0.4 is 0 Å². The van der Waals surface area contributed by atoms with E-state index in [1.807, 2.05) is 0 Å². The second-order valence-corrected chi connectivity index (χ2v) is 5.08. The molecule has 0 saturated carbocycles. The Morgan fingerprint density at radius 2 is 1.57 bits per heavy atom. The van der Waals surface area contributed by atoms with E-state index >= 15 is 0 Å². The van der Waals surface area contributed by atoms with Gasteiger partial charge >= 0.3 is 0 Å². The molecule has 2 rings (SSSR count). The molecule has 10 nitrogen and oxygen atoms in total. The molecule has 21 heavy (non-hydrogen) atoms. The van der Waals surface area contributed by atoms with Crippen LogP contribution in [0.4, 0.5) is 0 Å². The Kier molecular flexibility index (Phi) is 5.48. The summed E-state index contributed by atoms with van der Waals surface area (Å²) in [5, 5.41) is 66.8. The molecular weight excluding hydrogens is 292 g/mol. The molecule has 10 heteroatoms. The van der Waals surface area contributed by atoms with Gasteiger partial charge < -0.3 is 50.0 Å². The fraction of sp³-hybridized carbons (Fsp3) is 1.00. The average Bonchev–Trinajstić information content (AvgIpc) is 2.47. The molecule has 7 N–H and O–H groups in total. The predicted octanol–water partition coefficient (Wildman–Crippen LogP) is -4.76. The zero-order chi connectivity index (χ0) is 15.7. The molecule has 2 aliphatic rings. The summed E-state index contributed by atoms with van der Waals surface area (Å²) in [6, 6.07) is 0. The van der Waals surface area contributed by atoms with Crippen molar-refractivity contribution in [2.24, 2.45) is 0 Å². The highest BCUT2D eigenvalue weighted by Gasteiger charge is 2.48. The lowest BCUT2D eigenvalue weighted by molar-refractivity contribution is -0.352. The Morgan fingerprint density at radius 1 is 0.905 bits per heavy atom. The molecule has 2 aliphatic heterocycles. The molecule has 0 radical (unpaired) electrons. The number of hydrogen-bond donors (Lipinski definition) is 7. The molecular formula is C11H20O10. The Bertz CT molecular complexity index is 339. The molecule has 2 saturated heterocycles. The van der Waals surface area contributed by atoms with Crippen LogP contribution in [0.5, 0.6) is 0 Å². The van der Waals surface area contributed by atoms with Gasteiger partial charge in [0.2, 0.25) is 0 Å². The number of aliphatic hydroxyl groups is 7. The smallest absolute Gasteiger partial charge is 0.187 e. The van der Waals surface area contributed by atoms with Gasteiger partial charge in [-0.15, -0.1) is 0 Å². The maximum atomic E-state index is 9.78. The molecule has 2 fully saturated rings. The van der Waals surface area contributed by atoms with Crippen molar-refractivity contribution in [3.05, 3.63) is 0 Å². The van der Waals surface area contributed by atoms with E-state index in [-0.39, 0.29) is 6.61 Å². The van der Waals surface area contributed by atoms with Crippen molar-refractivity contribution in [3.8, 4) is 0 Å². The van der Waals surface area contributed by atoms with Crippen molar-refractivity contribution < 1.29 is 50.0 Å². The highest BCUT2D eigenvalue weighted by atomic mass is 16.7. The van der Waals surface area contributed by atoms with Gasteiger partial charge in [0.05, 0.1) is 13.2 Å². The number of rotatable bonds is 3. The van der Waals surface area contributed by atoms with Gasteiger partial charge in [-0.2, -0.15) is 0 Å². The number of aliphatic hydroxyl groups excluding tert-OH is 7. The van der Waals surface area contributed by atoms with Crippen molar-refractivity contribution >= 4 is 0 Å². The molecule has 0 spiro atoms. The third kappa shape index (κ3) is 3.35. The van der Waals surface area contributed by atoms with Gasteiger partial charge in [0, 0.05) is 0 Å². The Hall–Kier alpha value is -0.400. The van der Waals surface area contributed by atoms with Crippen LogP contribution in [-0.4, -0.2) is 104 Å². The van der Waals surface area contributed by atoms with Crippen LogP contribution in [0.25, 0.3) is 0 Å². The van der Waals surface area contributed by atoms with Gasteiger partial charge in [-0.25, -0.2) is 0 Å². The van der Waals surface area contributed by atoms with Gasteiger partial charge in [-0.3, -0.25) is 0 Å². The van der Waals surface area contributed by atoms with Crippen LogP contribution in [-0.2, 0) is 14.2 Å². The summed E-state index contributed by atoms with van der Waals surface area (Å²) in [6.45, 7) is -0.934. The third-order valence-corrected chi connectivity index (χ3v) is 3.59. The van der Waals surface area contributed by atoms with E-state index in [4.69, 9.17) is 19.3 Å². The van der Waals surface area contributed by atoms with Crippen molar-refractivity contribution in [1.82, 2.24) is 0 Å². The Morgan fingerprint density at radius 3 is 2.19 bits per heavy atom. The number of hydrogen-bond acceptors (Lipinski definition) is 10. The minimum atomic E-state index is -1.68. The molecule has 0 aromatic carbocycles. The minimum absolute atomic E-state index is 0.295. The standard InChI is InChI=1S/C11H20O10/c12-1-4-6(15)7(16)8(17)11(20-4)21-9-5(14)3(13)2-19-10(9)18/h3-18H,1-2H2/t3-,4-,5+,6-,7+,8-,9-,10?,11-/m1/s1. The lowest BCUT2D eigenvalue weighted by atomic mass is 9.99. The zero-order valence-corrected chi connectivity index (χ0v) is 11.0. The van der Waals surface area contributed by atoms with Crippen LogP contribution in [0.1, 0.15) is 0 Å². The topological polar surface area (TPSA) is 169 Å². The second-order valence-electron chi connectivity index (χ2n) is 5.08. The monoisotopic (exact) mass is 312 g/mol. The van der Waals surface area contributed by atoms with E-state index in [0.717, 1.165) is 0 Å². The van der Waals surface area contributed by atoms with E-state index in [2.05, 4.69) is 0 Å². The van der Waals surface area contributed by atoms with E-state index in [1.54, 1.807) is 0 Å². The van der Waals surface area contributed by atoms with Gasteiger partial charge in [-0.1, -0.05) is 0 Å². The lowest BCUT2D eigenvalue weighted by Gasteiger charge is -2.43. The van der Waals surface area contributed by atoms with Crippen LogP contribution in [0.15, 0.2) is 0 Å². The van der Waals surface area contributed by atoms with E-state index in [0.29, 0.717) is 0 Å². The van der Waals surface area contributed by atoms with E-state index in [1.165, 1.54) is 0 Å². The van der Waals surface area contributed by atoms with E-state index < -0.39 is 61.9 Å². The first-order valence-corrected chi connectivity index (χ1v) is 6.48. The highest BCUT2D eigenvalue weighted by molar-refractivity contribution is 4.91. The molecule has 0 amide bonds. The quantitative estimate of drug-likeness (QED) is 0.268. The molecule has 0 aliphatic carbocycles. The van der Waals surface area contributed by atoms with Crippen molar-refractivity contribution in [3.63, 3.8) is 0 Å². The maximum Gasteiger partial charge on any atom is 0.187 e.